The Hall–Kier alpha value is -3.20. The second-order valence-corrected chi connectivity index (χ2v) is 5.95. The summed E-state index contributed by atoms with van der Waals surface area (Å²) in [5, 5.41) is 2.09. The fraction of sp³-hybridized carbons (Fsp3) is 0.263. The Bertz CT molecular complexity index is 818. The maximum Gasteiger partial charge on any atom is 0.387 e. The van der Waals surface area contributed by atoms with Gasteiger partial charge in [-0.1, -0.05) is 36.4 Å². The van der Waals surface area contributed by atoms with E-state index in [1.165, 1.54) is 13.2 Å². The Morgan fingerprint density at radius 2 is 1.82 bits per heavy atom. The third kappa shape index (κ3) is 5.65. The van der Waals surface area contributed by atoms with Gasteiger partial charge in [-0.15, -0.1) is 0 Å². The molecule has 0 aromatic heterocycles. The number of rotatable bonds is 8. The Balaban J connectivity index is 2.26. The lowest BCUT2D eigenvalue weighted by Gasteiger charge is -2.27. The first-order valence-electron chi connectivity index (χ1n) is 8.29. The highest BCUT2D eigenvalue weighted by Crippen LogP contribution is 2.31. The zero-order chi connectivity index (χ0) is 20.7. The third-order valence-electron chi connectivity index (χ3n) is 3.93. The summed E-state index contributed by atoms with van der Waals surface area (Å²) in [6, 6.07) is 11.6. The minimum Gasteiger partial charge on any atom is -0.493 e. The first-order valence-corrected chi connectivity index (χ1v) is 8.29. The fourth-order valence-corrected chi connectivity index (χ4v) is 2.81. The highest BCUT2D eigenvalue weighted by molar-refractivity contribution is 5.96. The molecule has 7 nitrogen and oxygen atoms in total. The molecule has 0 spiro atoms. The quantitative estimate of drug-likeness (QED) is 0.719. The van der Waals surface area contributed by atoms with Crippen molar-refractivity contribution in [3.8, 4) is 11.5 Å². The molecule has 1 atom stereocenters. The Morgan fingerprint density at radius 3 is 2.39 bits per heavy atom. The molecule has 0 aliphatic rings. The number of urea groups is 1. The van der Waals surface area contributed by atoms with Crippen molar-refractivity contribution < 1.29 is 27.8 Å². The molecular weight excluding hydrogens is 372 g/mol. The molecule has 3 N–H and O–H groups in total. The first kappa shape index (κ1) is 21.1. The smallest absolute Gasteiger partial charge is 0.387 e. The lowest BCUT2D eigenvalue weighted by atomic mass is 10.0. The van der Waals surface area contributed by atoms with Crippen molar-refractivity contribution in [1.82, 2.24) is 10.2 Å². The van der Waals surface area contributed by atoms with Gasteiger partial charge in [0, 0.05) is 6.54 Å². The van der Waals surface area contributed by atoms with E-state index in [1.807, 2.05) is 0 Å². The van der Waals surface area contributed by atoms with Crippen LogP contribution in [0.4, 0.5) is 13.6 Å². The summed E-state index contributed by atoms with van der Waals surface area (Å²) in [6.45, 7) is -2.71. The highest BCUT2D eigenvalue weighted by atomic mass is 19.3. The second kappa shape index (κ2) is 9.65. The standard InChI is InChI=1S/C19H21F2N3O4/c1-24(11-12-8-9-14(28-18(20)21)15(10-12)27-2)16(17(25)23-19(22)26)13-6-4-3-5-7-13/h3-10,16,18H,11H2,1-2H3,(H3,22,23,25,26)/t16-/m1/s1. The second-order valence-electron chi connectivity index (χ2n) is 5.95. The van der Waals surface area contributed by atoms with Crippen molar-refractivity contribution in [3.63, 3.8) is 0 Å². The van der Waals surface area contributed by atoms with Crippen molar-refractivity contribution in [2.75, 3.05) is 14.2 Å². The maximum atomic E-state index is 12.5. The van der Waals surface area contributed by atoms with Crippen LogP contribution in [0.3, 0.4) is 0 Å². The number of halogens is 2. The summed E-state index contributed by atoms with van der Waals surface area (Å²) >= 11 is 0. The van der Waals surface area contributed by atoms with Crippen molar-refractivity contribution in [1.29, 1.82) is 0 Å². The fourth-order valence-electron chi connectivity index (χ4n) is 2.81. The molecule has 2 aromatic carbocycles. The first-order chi connectivity index (χ1) is 13.3. The zero-order valence-corrected chi connectivity index (χ0v) is 15.4. The lowest BCUT2D eigenvalue weighted by Crippen LogP contribution is -2.43. The molecule has 0 radical (unpaired) electrons. The number of hydrogen-bond acceptors (Lipinski definition) is 5. The molecule has 3 amide bonds. The van der Waals surface area contributed by atoms with Gasteiger partial charge < -0.3 is 15.2 Å². The van der Waals surface area contributed by atoms with Gasteiger partial charge in [0.1, 0.15) is 6.04 Å². The monoisotopic (exact) mass is 393 g/mol. The van der Waals surface area contributed by atoms with E-state index in [0.29, 0.717) is 11.1 Å². The summed E-state index contributed by atoms with van der Waals surface area (Å²) in [4.78, 5) is 25.3. The van der Waals surface area contributed by atoms with Gasteiger partial charge in [-0.25, -0.2) is 4.79 Å². The Morgan fingerprint density at radius 1 is 1.14 bits per heavy atom. The number of carbonyl (C=O) groups is 2. The third-order valence-corrected chi connectivity index (χ3v) is 3.93. The summed E-state index contributed by atoms with van der Waals surface area (Å²) in [6.07, 6.45) is 0. The molecule has 0 heterocycles. The van der Waals surface area contributed by atoms with Gasteiger partial charge in [0.25, 0.3) is 0 Å². The number of nitrogens with one attached hydrogen (secondary N) is 1. The zero-order valence-electron chi connectivity index (χ0n) is 15.4. The van der Waals surface area contributed by atoms with Crippen LogP contribution >= 0.6 is 0 Å². The van der Waals surface area contributed by atoms with Crippen molar-refractivity contribution >= 4 is 11.9 Å². The number of primary amides is 1. The molecule has 0 unspecified atom stereocenters. The van der Waals surface area contributed by atoms with Gasteiger partial charge in [-0.3, -0.25) is 15.0 Å². The minimum atomic E-state index is -2.97. The predicted octanol–water partition coefficient (Wildman–Crippen LogP) is 2.66. The number of ether oxygens (including phenoxy) is 2. The molecule has 9 heteroatoms. The molecule has 0 fully saturated rings. The minimum absolute atomic E-state index is 0.0880. The molecule has 28 heavy (non-hydrogen) atoms. The molecule has 0 aliphatic heterocycles. The Labute approximate surface area is 161 Å². The number of methoxy groups -OCH3 is 1. The number of hydrogen-bond donors (Lipinski definition) is 2. The number of alkyl halides is 2. The highest BCUT2D eigenvalue weighted by Gasteiger charge is 2.26. The molecule has 150 valence electrons. The summed E-state index contributed by atoms with van der Waals surface area (Å²) in [5.74, 6) is -0.523. The number of imide groups is 1. The number of likely N-dealkylation sites (N-methyl/N-ethyl adjacent to an activating group) is 1. The predicted molar refractivity (Wildman–Crippen MR) is 98.0 cm³/mol. The molecular formula is C19H21F2N3O4. The van der Waals surface area contributed by atoms with Crippen LogP contribution in [0.1, 0.15) is 17.2 Å². The SMILES string of the molecule is COc1cc(CN(C)[C@@H](C(=O)NC(N)=O)c2ccccc2)ccc1OC(F)F. The van der Waals surface area contributed by atoms with Gasteiger partial charge >= 0.3 is 12.6 Å². The Kier molecular flexibility index (Phi) is 7.28. The number of nitrogens with two attached hydrogens (primary N) is 1. The number of nitrogens with zero attached hydrogens (tertiary/aromatic N) is 1. The average molecular weight is 393 g/mol. The van der Waals surface area contributed by atoms with E-state index in [0.717, 1.165) is 0 Å². The van der Waals surface area contributed by atoms with E-state index in [2.05, 4.69) is 10.1 Å². The van der Waals surface area contributed by atoms with Gasteiger partial charge in [-0.2, -0.15) is 8.78 Å². The summed E-state index contributed by atoms with van der Waals surface area (Å²) < 4.78 is 34.4. The van der Waals surface area contributed by atoms with Crippen molar-refractivity contribution in [2.45, 2.75) is 19.2 Å². The van der Waals surface area contributed by atoms with Crippen LogP contribution in [0.5, 0.6) is 11.5 Å². The van der Waals surface area contributed by atoms with Crippen LogP contribution in [-0.2, 0) is 11.3 Å². The largest absolute Gasteiger partial charge is 0.493 e. The number of benzene rings is 2. The van der Waals surface area contributed by atoms with E-state index < -0.39 is 24.6 Å². The molecule has 0 bridgehead atoms. The van der Waals surface area contributed by atoms with Crippen LogP contribution in [0.2, 0.25) is 0 Å². The van der Waals surface area contributed by atoms with Crippen LogP contribution in [0, 0.1) is 0 Å². The van der Waals surface area contributed by atoms with Gasteiger partial charge in [0.15, 0.2) is 11.5 Å². The average Bonchev–Trinajstić information content (AvgIpc) is 2.63. The maximum absolute atomic E-state index is 12.5. The summed E-state index contributed by atoms with van der Waals surface area (Å²) in [7, 11) is 3.03. The van der Waals surface area contributed by atoms with E-state index in [4.69, 9.17) is 10.5 Å². The molecule has 2 rings (SSSR count). The normalized spacial score (nSPS) is 11.9. The van der Waals surface area contributed by atoms with Crippen LogP contribution in [-0.4, -0.2) is 37.6 Å². The van der Waals surface area contributed by atoms with Crippen LogP contribution < -0.4 is 20.5 Å². The molecule has 2 aromatic rings. The number of carbonyl (C=O) groups excluding carboxylic acids is 2. The molecule has 0 saturated heterocycles. The van der Waals surface area contributed by atoms with Gasteiger partial charge in [-0.05, 0) is 30.3 Å². The summed E-state index contributed by atoms with van der Waals surface area (Å²) in [5.41, 5.74) is 6.42. The van der Waals surface area contributed by atoms with E-state index >= 15 is 0 Å². The van der Waals surface area contributed by atoms with Gasteiger partial charge in [0.2, 0.25) is 5.91 Å². The van der Waals surface area contributed by atoms with Crippen LogP contribution in [0.15, 0.2) is 48.5 Å². The van der Waals surface area contributed by atoms with E-state index in [9.17, 15) is 18.4 Å². The lowest BCUT2D eigenvalue weighted by molar-refractivity contribution is -0.125. The number of amides is 3. The molecule has 0 aliphatic carbocycles. The van der Waals surface area contributed by atoms with Crippen molar-refractivity contribution in [2.24, 2.45) is 5.73 Å². The van der Waals surface area contributed by atoms with Crippen LogP contribution in [0.25, 0.3) is 0 Å². The van der Waals surface area contributed by atoms with Crippen molar-refractivity contribution in [3.05, 3.63) is 59.7 Å². The van der Waals surface area contributed by atoms with E-state index in [-0.39, 0.29) is 18.0 Å². The molecule has 0 saturated carbocycles. The van der Waals surface area contributed by atoms with E-state index in [1.54, 1.807) is 54.4 Å². The topological polar surface area (TPSA) is 93.9 Å². The van der Waals surface area contributed by atoms with Gasteiger partial charge in [0.05, 0.1) is 7.11 Å².